The molecule has 0 radical (unpaired) electrons. The molecule has 0 saturated heterocycles. The summed E-state index contributed by atoms with van der Waals surface area (Å²) in [5, 5.41) is 6.94. The Kier molecular flexibility index (Phi) is 4.31. The fourth-order valence-corrected chi connectivity index (χ4v) is 2.14. The Morgan fingerprint density at radius 1 is 1.47 bits per heavy atom. The van der Waals surface area contributed by atoms with Crippen LogP contribution in [0.25, 0.3) is 0 Å². The van der Waals surface area contributed by atoms with Gasteiger partial charge in [0.15, 0.2) is 0 Å². The Bertz CT molecular complexity index is 597. The van der Waals surface area contributed by atoms with Crippen LogP contribution in [-0.4, -0.2) is 15.7 Å². The molecule has 0 spiro atoms. The van der Waals surface area contributed by atoms with Gasteiger partial charge in [0.25, 0.3) is 0 Å². The molecule has 0 atom stereocenters. The van der Waals surface area contributed by atoms with E-state index in [-0.39, 0.29) is 18.1 Å². The van der Waals surface area contributed by atoms with Gasteiger partial charge in [-0.15, -0.1) is 0 Å². The van der Waals surface area contributed by atoms with Crippen LogP contribution in [0.15, 0.2) is 34.9 Å². The number of benzene rings is 1. The summed E-state index contributed by atoms with van der Waals surface area (Å²) in [7, 11) is 1.82. The molecule has 1 heterocycles. The van der Waals surface area contributed by atoms with Crippen molar-refractivity contribution in [3.05, 3.63) is 52.0 Å². The maximum absolute atomic E-state index is 12.9. The van der Waals surface area contributed by atoms with Crippen molar-refractivity contribution in [2.75, 3.05) is 0 Å². The zero-order valence-corrected chi connectivity index (χ0v) is 11.9. The monoisotopic (exact) mass is 325 g/mol. The van der Waals surface area contributed by atoms with Crippen molar-refractivity contribution in [3.8, 4) is 0 Å². The molecule has 4 nitrogen and oxygen atoms in total. The third kappa shape index (κ3) is 3.89. The molecule has 0 aliphatic heterocycles. The van der Waals surface area contributed by atoms with Crippen molar-refractivity contribution in [1.29, 1.82) is 0 Å². The first-order valence-corrected chi connectivity index (χ1v) is 6.53. The highest BCUT2D eigenvalue weighted by Gasteiger charge is 2.08. The van der Waals surface area contributed by atoms with Crippen molar-refractivity contribution >= 4 is 21.8 Å². The molecule has 2 rings (SSSR count). The van der Waals surface area contributed by atoms with E-state index in [4.69, 9.17) is 0 Å². The first-order chi connectivity index (χ1) is 9.04. The van der Waals surface area contributed by atoms with Gasteiger partial charge < -0.3 is 5.32 Å². The zero-order valence-electron chi connectivity index (χ0n) is 10.4. The maximum Gasteiger partial charge on any atom is 0.224 e. The van der Waals surface area contributed by atoms with Gasteiger partial charge in [-0.2, -0.15) is 5.10 Å². The van der Waals surface area contributed by atoms with Crippen LogP contribution in [0.1, 0.15) is 11.3 Å². The number of nitrogens with zero attached hydrogens (tertiary/aromatic N) is 2. The van der Waals surface area contributed by atoms with Crippen LogP contribution in [0.5, 0.6) is 0 Å². The van der Waals surface area contributed by atoms with E-state index in [0.29, 0.717) is 11.0 Å². The fraction of sp³-hybridized carbons (Fsp3) is 0.231. The smallest absolute Gasteiger partial charge is 0.224 e. The summed E-state index contributed by atoms with van der Waals surface area (Å²) < 4.78 is 15.2. The Labute approximate surface area is 118 Å². The summed E-state index contributed by atoms with van der Waals surface area (Å²) in [6.45, 7) is 0.387. The Balaban J connectivity index is 1.90. The molecular formula is C13H13BrFN3O. The zero-order chi connectivity index (χ0) is 13.8. The summed E-state index contributed by atoms with van der Waals surface area (Å²) in [5.74, 6) is -0.456. The summed E-state index contributed by atoms with van der Waals surface area (Å²) in [5.41, 5.74) is 1.55. The highest BCUT2D eigenvalue weighted by atomic mass is 79.9. The van der Waals surface area contributed by atoms with E-state index < -0.39 is 0 Å². The van der Waals surface area contributed by atoms with Crippen molar-refractivity contribution in [3.63, 3.8) is 0 Å². The quantitative estimate of drug-likeness (QED) is 0.936. The molecular weight excluding hydrogens is 313 g/mol. The van der Waals surface area contributed by atoms with Gasteiger partial charge in [0.05, 0.1) is 18.7 Å². The second-order valence-electron chi connectivity index (χ2n) is 4.17. The Morgan fingerprint density at radius 2 is 2.26 bits per heavy atom. The lowest BCUT2D eigenvalue weighted by Gasteiger charge is -2.05. The number of aromatic nitrogens is 2. The number of nitrogens with one attached hydrogen (secondary N) is 1. The van der Waals surface area contributed by atoms with Gasteiger partial charge in [0.1, 0.15) is 5.82 Å². The number of carbonyl (C=O) groups is 1. The van der Waals surface area contributed by atoms with Gasteiger partial charge in [0.2, 0.25) is 5.91 Å². The van der Waals surface area contributed by atoms with Gasteiger partial charge in [0, 0.05) is 17.7 Å². The van der Waals surface area contributed by atoms with E-state index >= 15 is 0 Å². The van der Waals surface area contributed by atoms with Crippen LogP contribution in [0.4, 0.5) is 4.39 Å². The normalized spacial score (nSPS) is 10.5. The largest absolute Gasteiger partial charge is 0.350 e. The molecule has 1 aromatic heterocycles. The van der Waals surface area contributed by atoms with Gasteiger partial charge in [-0.1, -0.05) is 22.0 Å². The summed E-state index contributed by atoms with van der Waals surface area (Å²) in [6, 6.07) is 6.13. The standard InChI is InChI=1S/C13H13BrFN3O/c1-18-5-4-11(17-18)8-16-13(19)6-9-2-3-10(15)7-12(9)14/h2-5,7H,6,8H2,1H3,(H,16,19). The number of amides is 1. The molecule has 100 valence electrons. The minimum atomic E-state index is -0.329. The second-order valence-corrected chi connectivity index (χ2v) is 5.02. The van der Waals surface area contributed by atoms with Crippen LogP contribution in [0.3, 0.4) is 0 Å². The van der Waals surface area contributed by atoms with Gasteiger partial charge in [-0.3, -0.25) is 9.48 Å². The number of hydrogen-bond acceptors (Lipinski definition) is 2. The molecule has 1 aromatic carbocycles. The molecule has 0 bridgehead atoms. The molecule has 1 amide bonds. The molecule has 0 aliphatic carbocycles. The molecule has 0 fully saturated rings. The van der Waals surface area contributed by atoms with E-state index in [1.165, 1.54) is 12.1 Å². The molecule has 0 saturated carbocycles. The topological polar surface area (TPSA) is 46.9 Å². The van der Waals surface area contributed by atoms with E-state index in [2.05, 4.69) is 26.3 Å². The van der Waals surface area contributed by atoms with Crippen LogP contribution in [-0.2, 0) is 24.8 Å². The predicted octanol–water partition coefficient (Wildman–Crippen LogP) is 2.18. The van der Waals surface area contributed by atoms with Crippen molar-refractivity contribution < 1.29 is 9.18 Å². The van der Waals surface area contributed by atoms with Gasteiger partial charge in [-0.05, 0) is 23.8 Å². The lowest BCUT2D eigenvalue weighted by Crippen LogP contribution is -2.25. The average Bonchev–Trinajstić information content (AvgIpc) is 2.76. The van der Waals surface area contributed by atoms with E-state index in [1.807, 2.05) is 19.3 Å². The van der Waals surface area contributed by atoms with E-state index in [1.54, 1.807) is 10.7 Å². The van der Waals surface area contributed by atoms with Crippen LogP contribution < -0.4 is 5.32 Å². The average molecular weight is 326 g/mol. The first-order valence-electron chi connectivity index (χ1n) is 5.74. The number of rotatable bonds is 4. The SMILES string of the molecule is Cn1ccc(CNC(=O)Cc2ccc(F)cc2Br)n1. The molecule has 0 unspecified atom stereocenters. The molecule has 0 aliphatic rings. The van der Waals surface area contributed by atoms with Crippen LogP contribution in [0.2, 0.25) is 0 Å². The maximum atomic E-state index is 12.9. The van der Waals surface area contributed by atoms with Crippen molar-refractivity contribution in [2.24, 2.45) is 7.05 Å². The minimum absolute atomic E-state index is 0.127. The molecule has 19 heavy (non-hydrogen) atoms. The van der Waals surface area contributed by atoms with E-state index in [0.717, 1.165) is 11.3 Å². The van der Waals surface area contributed by atoms with Crippen molar-refractivity contribution in [2.45, 2.75) is 13.0 Å². The summed E-state index contributed by atoms with van der Waals surface area (Å²) in [6.07, 6.45) is 2.02. The van der Waals surface area contributed by atoms with Gasteiger partial charge >= 0.3 is 0 Å². The summed E-state index contributed by atoms with van der Waals surface area (Å²) >= 11 is 3.24. The summed E-state index contributed by atoms with van der Waals surface area (Å²) in [4.78, 5) is 11.8. The number of halogens is 2. The van der Waals surface area contributed by atoms with Gasteiger partial charge in [-0.25, -0.2) is 4.39 Å². The predicted molar refractivity (Wildman–Crippen MR) is 72.9 cm³/mol. The minimum Gasteiger partial charge on any atom is -0.350 e. The van der Waals surface area contributed by atoms with Crippen LogP contribution >= 0.6 is 15.9 Å². The molecule has 6 heteroatoms. The second kappa shape index (κ2) is 5.97. The molecule has 2 aromatic rings. The lowest BCUT2D eigenvalue weighted by molar-refractivity contribution is -0.120. The number of carbonyl (C=O) groups excluding carboxylic acids is 1. The Morgan fingerprint density at radius 3 is 2.89 bits per heavy atom. The van der Waals surface area contributed by atoms with E-state index in [9.17, 15) is 9.18 Å². The highest BCUT2D eigenvalue weighted by molar-refractivity contribution is 9.10. The first kappa shape index (κ1) is 13.7. The molecule has 1 N–H and O–H groups in total. The van der Waals surface area contributed by atoms with Crippen molar-refractivity contribution in [1.82, 2.24) is 15.1 Å². The third-order valence-corrected chi connectivity index (χ3v) is 3.34. The van der Waals surface area contributed by atoms with Crippen LogP contribution in [0, 0.1) is 5.82 Å². The number of aryl methyl sites for hydroxylation is 1. The number of hydrogen-bond donors (Lipinski definition) is 1. The highest BCUT2D eigenvalue weighted by Crippen LogP contribution is 2.18. The Hall–Kier alpha value is -1.69. The third-order valence-electron chi connectivity index (χ3n) is 2.60. The lowest BCUT2D eigenvalue weighted by atomic mass is 10.1. The fourth-order valence-electron chi connectivity index (χ4n) is 1.65.